The van der Waals surface area contributed by atoms with E-state index in [-0.39, 0.29) is 24.0 Å². The first-order valence-corrected chi connectivity index (χ1v) is 10.9. The van der Waals surface area contributed by atoms with E-state index >= 15 is 0 Å². The van der Waals surface area contributed by atoms with Gasteiger partial charge in [0, 0.05) is 36.9 Å². The third kappa shape index (κ3) is 4.67. The van der Waals surface area contributed by atoms with Gasteiger partial charge in [0.25, 0.3) is 0 Å². The first-order valence-electron chi connectivity index (χ1n) is 10.9. The molecule has 4 N–H and O–H groups in total. The average Bonchev–Trinajstić information content (AvgIpc) is 3.36. The number of anilines is 1. The van der Waals surface area contributed by atoms with Gasteiger partial charge in [-0.1, -0.05) is 6.92 Å². The number of nitrogen functional groups attached to an aromatic ring is 1. The fourth-order valence-electron chi connectivity index (χ4n) is 3.96. The Morgan fingerprint density at radius 2 is 2.09 bits per heavy atom. The molecule has 0 aromatic carbocycles. The minimum Gasteiger partial charge on any atom is -0.444 e. The summed E-state index contributed by atoms with van der Waals surface area (Å²) in [6, 6.07) is 0.358. The largest absolute Gasteiger partial charge is 0.444 e. The zero-order valence-electron chi connectivity index (χ0n) is 18.9. The minimum atomic E-state index is -0.485. The second-order valence-electron chi connectivity index (χ2n) is 9.08. The number of rotatable bonds is 5. The van der Waals surface area contributed by atoms with Gasteiger partial charge in [-0.25, -0.2) is 14.4 Å². The Morgan fingerprint density at radius 1 is 1.34 bits per heavy atom. The van der Waals surface area contributed by atoms with Crippen LogP contribution in [0.25, 0.3) is 22.6 Å². The summed E-state index contributed by atoms with van der Waals surface area (Å²) in [4.78, 5) is 26.3. The number of pyridine rings is 1. The van der Waals surface area contributed by atoms with Crippen molar-refractivity contribution < 1.29 is 14.2 Å². The number of aromatic amines is 1. The Hall–Kier alpha value is -3.21. The maximum atomic E-state index is 12.3. The molecule has 1 unspecified atom stereocenters. The Labute approximate surface area is 186 Å². The molecule has 0 bridgehead atoms. The van der Waals surface area contributed by atoms with Crippen LogP contribution in [0.3, 0.4) is 0 Å². The normalized spacial score (nSPS) is 16.4. The predicted molar refractivity (Wildman–Crippen MR) is 119 cm³/mol. The molecule has 1 fully saturated rings. The monoisotopic (exact) mass is 442 g/mol. The smallest absolute Gasteiger partial charge is 0.410 e. The molecule has 1 aliphatic heterocycles. The first-order chi connectivity index (χ1) is 15.2. The molecule has 4 heterocycles. The van der Waals surface area contributed by atoms with E-state index in [2.05, 4.69) is 37.5 Å². The summed E-state index contributed by atoms with van der Waals surface area (Å²) in [5, 5.41) is 11.2. The van der Waals surface area contributed by atoms with Crippen LogP contribution in [-0.2, 0) is 4.74 Å². The second-order valence-corrected chi connectivity index (χ2v) is 9.08. The number of ether oxygens (including phenoxy) is 1. The molecule has 0 spiro atoms. The standard InChI is InChI=1S/C21H30N8O3/c1-5-14(24-12-6-8-29(9-7-12)20(30)31-21(2,3)4)13-10-23-11-15-16(13)26-19(25-15)17-18(22)28-32-27-17/h10-12,14,24H,5-9H2,1-4H3,(H2,22,28)(H,25,26). The topological polar surface area (TPSA) is 148 Å². The number of fused-ring (bicyclic) bond motifs is 1. The number of amides is 1. The molecule has 1 amide bonds. The fraction of sp³-hybridized carbons (Fsp3) is 0.571. The summed E-state index contributed by atoms with van der Waals surface area (Å²) in [5.41, 5.74) is 8.33. The Kier molecular flexibility index (Phi) is 6.00. The molecule has 11 nitrogen and oxygen atoms in total. The van der Waals surface area contributed by atoms with Crippen molar-refractivity contribution >= 4 is 22.9 Å². The number of carbonyl (C=O) groups excluding carboxylic acids is 1. The number of likely N-dealkylation sites (tertiary alicyclic amines) is 1. The minimum absolute atomic E-state index is 0.0744. The Balaban J connectivity index is 1.46. The maximum absolute atomic E-state index is 12.3. The van der Waals surface area contributed by atoms with Crippen LogP contribution in [0.15, 0.2) is 17.0 Å². The van der Waals surface area contributed by atoms with E-state index in [1.807, 2.05) is 27.0 Å². The summed E-state index contributed by atoms with van der Waals surface area (Å²) in [6.07, 6.45) is 5.89. The number of carbonyl (C=O) groups is 1. The molecule has 11 heteroatoms. The van der Waals surface area contributed by atoms with E-state index in [0.29, 0.717) is 24.6 Å². The van der Waals surface area contributed by atoms with Crippen LogP contribution < -0.4 is 11.1 Å². The van der Waals surface area contributed by atoms with Gasteiger partial charge >= 0.3 is 6.09 Å². The molecule has 1 aliphatic rings. The number of hydrogen-bond donors (Lipinski definition) is 3. The molecule has 1 atom stereocenters. The maximum Gasteiger partial charge on any atom is 0.410 e. The molecule has 3 aromatic rings. The number of nitrogens with one attached hydrogen (secondary N) is 2. The van der Waals surface area contributed by atoms with Gasteiger partial charge in [0.05, 0.1) is 11.7 Å². The van der Waals surface area contributed by atoms with Crippen LogP contribution in [0, 0.1) is 0 Å². The SMILES string of the molecule is CCC(NC1CCN(C(=O)OC(C)(C)C)CC1)c1cncc2nc(-c3nonc3N)[nH]c12. The summed E-state index contributed by atoms with van der Waals surface area (Å²) in [6.45, 7) is 9.11. The zero-order valence-corrected chi connectivity index (χ0v) is 18.9. The lowest BCUT2D eigenvalue weighted by molar-refractivity contribution is 0.0195. The van der Waals surface area contributed by atoms with E-state index < -0.39 is 5.60 Å². The van der Waals surface area contributed by atoms with Gasteiger partial charge in [-0.3, -0.25) is 4.98 Å². The van der Waals surface area contributed by atoms with Crippen LogP contribution >= 0.6 is 0 Å². The third-order valence-corrected chi connectivity index (χ3v) is 5.54. The molecule has 4 rings (SSSR count). The van der Waals surface area contributed by atoms with Crippen LogP contribution in [0.4, 0.5) is 10.6 Å². The van der Waals surface area contributed by atoms with Crippen molar-refractivity contribution in [2.45, 2.75) is 64.6 Å². The lowest BCUT2D eigenvalue weighted by Crippen LogP contribution is -2.47. The molecule has 32 heavy (non-hydrogen) atoms. The van der Waals surface area contributed by atoms with Crippen molar-refractivity contribution in [1.82, 2.24) is 35.5 Å². The highest BCUT2D eigenvalue weighted by Gasteiger charge is 2.28. The lowest BCUT2D eigenvalue weighted by Gasteiger charge is -2.35. The highest BCUT2D eigenvalue weighted by molar-refractivity contribution is 5.82. The van der Waals surface area contributed by atoms with E-state index in [4.69, 9.17) is 15.1 Å². The molecule has 172 valence electrons. The van der Waals surface area contributed by atoms with Gasteiger partial charge in [-0.15, -0.1) is 0 Å². The molecule has 3 aromatic heterocycles. The van der Waals surface area contributed by atoms with Gasteiger partial charge in [0.15, 0.2) is 17.3 Å². The summed E-state index contributed by atoms with van der Waals surface area (Å²) in [7, 11) is 0. The number of piperidine rings is 1. The van der Waals surface area contributed by atoms with E-state index in [1.54, 1.807) is 11.1 Å². The van der Waals surface area contributed by atoms with Gasteiger partial charge < -0.3 is 25.7 Å². The highest BCUT2D eigenvalue weighted by atomic mass is 16.6. The average molecular weight is 443 g/mol. The molecule has 0 saturated carbocycles. The summed E-state index contributed by atoms with van der Waals surface area (Å²) < 4.78 is 10.2. The molecular formula is C21H30N8O3. The van der Waals surface area contributed by atoms with Crippen LogP contribution in [0.1, 0.15) is 58.6 Å². The van der Waals surface area contributed by atoms with Crippen molar-refractivity contribution in [2.75, 3.05) is 18.8 Å². The first kappa shape index (κ1) is 22.0. The van der Waals surface area contributed by atoms with Crippen LogP contribution in [0.5, 0.6) is 0 Å². The quantitative estimate of drug-likeness (QED) is 0.542. The molecule has 0 radical (unpaired) electrons. The van der Waals surface area contributed by atoms with Gasteiger partial charge in [0.2, 0.25) is 0 Å². The van der Waals surface area contributed by atoms with Crippen molar-refractivity contribution in [1.29, 1.82) is 0 Å². The van der Waals surface area contributed by atoms with E-state index in [1.165, 1.54) is 0 Å². The van der Waals surface area contributed by atoms with E-state index in [9.17, 15) is 4.79 Å². The van der Waals surface area contributed by atoms with Gasteiger partial charge in [-0.2, -0.15) is 0 Å². The fourth-order valence-corrected chi connectivity index (χ4v) is 3.96. The van der Waals surface area contributed by atoms with Crippen molar-refractivity contribution in [2.24, 2.45) is 0 Å². The molecular weight excluding hydrogens is 412 g/mol. The van der Waals surface area contributed by atoms with Crippen molar-refractivity contribution in [3.05, 3.63) is 18.0 Å². The summed E-state index contributed by atoms with van der Waals surface area (Å²) >= 11 is 0. The lowest BCUT2D eigenvalue weighted by atomic mass is 9.99. The predicted octanol–water partition coefficient (Wildman–Crippen LogP) is 3.03. The third-order valence-electron chi connectivity index (χ3n) is 5.54. The summed E-state index contributed by atoms with van der Waals surface area (Å²) in [5.74, 6) is 0.675. The number of H-pyrrole nitrogens is 1. The Morgan fingerprint density at radius 3 is 2.72 bits per heavy atom. The number of nitrogens with two attached hydrogens (primary N) is 1. The number of imidazole rings is 1. The van der Waals surface area contributed by atoms with Crippen molar-refractivity contribution in [3.63, 3.8) is 0 Å². The van der Waals surface area contributed by atoms with Crippen LogP contribution in [0.2, 0.25) is 0 Å². The number of aromatic nitrogens is 5. The highest BCUT2D eigenvalue weighted by Crippen LogP contribution is 2.29. The van der Waals surface area contributed by atoms with Crippen molar-refractivity contribution in [3.8, 4) is 11.5 Å². The number of nitrogens with zero attached hydrogens (tertiary/aromatic N) is 5. The molecule has 1 saturated heterocycles. The second kappa shape index (κ2) is 8.73. The Bertz CT molecular complexity index is 1080. The number of hydrogen-bond acceptors (Lipinski definition) is 9. The molecule has 0 aliphatic carbocycles. The van der Waals surface area contributed by atoms with Gasteiger partial charge in [0.1, 0.15) is 11.1 Å². The van der Waals surface area contributed by atoms with E-state index in [0.717, 1.165) is 35.9 Å². The van der Waals surface area contributed by atoms with Crippen LogP contribution in [-0.4, -0.2) is 61.0 Å². The zero-order chi connectivity index (χ0) is 22.9. The van der Waals surface area contributed by atoms with Gasteiger partial charge in [-0.05, 0) is 50.3 Å².